The Bertz CT molecular complexity index is 813. The molecular weight excluding hydrogens is 332 g/mol. The van der Waals surface area contributed by atoms with Crippen molar-refractivity contribution in [3.8, 4) is 11.5 Å². The van der Waals surface area contributed by atoms with Gasteiger partial charge in [-0.3, -0.25) is 9.88 Å². The van der Waals surface area contributed by atoms with Crippen LogP contribution in [0.3, 0.4) is 0 Å². The second-order valence-electron chi connectivity index (χ2n) is 6.69. The molecule has 0 aromatic carbocycles. The van der Waals surface area contributed by atoms with E-state index in [0.29, 0.717) is 5.92 Å². The Labute approximate surface area is 151 Å². The SMILES string of the molecule is Cc1cnc(-c2nccnc2C[C@H]2CCCN(Cc3cscn3)C2)[nH]1. The van der Waals surface area contributed by atoms with Crippen LogP contribution >= 0.6 is 11.3 Å². The van der Waals surface area contributed by atoms with E-state index in [4.69, 9.17) is 0 Å². The first kappa shape index (κ1) is 16.4. The van der Waals surface area contributed by atoms with Gasteiger partial charge in [0.25, 0.3) is 0 Å². The number of rotatable bonds is 5. The van der Waals surface area contributed by atoms with Crippen LogP contribution in [0.4, 0.5) is 0 Å². The Kier molecular flexibility index (Phi) is 4.85. The quantitative estimate of drug-likeness (QED) is 0.762. The highest BCUT2D eigenvalue weighted by Crippen LogP contribution is 2.25. The number of H-pyrrole nitrogens is 1. The number of hydrogen-bond donors (Lipinski definition) is 1. The molecule has 0 bridgehead atoms. The molecule has 6 nitrogen and oxygen atoms in total. The van der Waals surface area contributed by atoms with Crippen LogP contribution in [0, 0.1) is 12.8 Å². The number of thiazole rings is 1. The van der Waals surface area contributed by atoms with Gasteiger partial charge in [0.05, 0.1) is 16.9 Å². The van der Waals surface area contributed by atoms with Gasteiger partial charge in [0.1, 0.15) is 5.69 Å². The van der Waals surface area contributed by atoms with E-state index in [-0.39, 0.29) is 0 Å². The van der Waals surface area contributed by atoms with Gasteiger partial charge >= 0.3 is 0 Å². The number of aromatic amines is 1. The lowest BCUT2D eigenvalue weighted by molar-refractivity contribution is 0.165. The zero-order chi connectivity index (χ0) is 17.1. The predicted octanol–water partition coefficient (Wildman–Crippen LogP) is 3.09. The van der Waals surface area contributed by atoms with Gasteiger partial charge in [0.15, 0.2) is 5.82 Å². The second-order valence-corrected chi connectivity index (χ2v) is 7.41. The standard InChI is InChI=1S/C18H22N6S/c1-13-8-21-18(23-13)17-16(19-4-5-20-17)7-14-3-2-6-24(9-14)10-15-11-25-12-22-15/h4-5,8,11-12,14H,2-3,6-7,9-10H2,1H3,(H,21,23)/t14-/m1/s1. The number of aryl methyl sites for hydroxylation is 1. The molecule has 0 spiro atoms. The van der Waals surface area contributed by atoms with Crippen molar-refractivity contribution >= 4 is 11.3 Å². The van der Waals surface area contributed by atoms with E-state index in [0.717, 1.165) is 49.0 Å². The van der Waals surface area contributed by atoms with Crippen molar-refractivity contribution < 1.29 is 0 Å². The maximum absolute atomic E-state index is 4.61. The molecule has 4 heterocycles. The molecule has 0 radical (unpaired) electrons. The Hall–Kier alpha value is -2.12. The van der Waals surface area contributed by atoms with Gasteiger partial charge in [0.2, 0.25) is 0 Å². The normalized spacial score (nSPS) is 18.5. The first-order valence-electron chi connectivity index (χ1n) is 8.69. The van der Waals surface area contributed by atoms with E-state index in [9.17, 15) is 0 Å². The van der Waals surface area contributed by atoms with Crippen molar-refractivity contribution in [3.63, 3.8) is 0 Å². The molecule has 1 atom stereocenters. The summed E-state index contributed by atoms with van der Waals surface area (Å²) in [6, 6.07) is 0. The summed E-state index contributed by atoms with van der Waals surface area (Å²) in [6.45, 7) is 5.19. The fourth-order valence-corrected chi connectivity index (χ4v) is 4.08. The van der Waals surface area contributed by atoms with Crippen LogP contribution in [0.15, 0.2) is 29.5 Å². The van der Waals surface area contributed by atoms with Crippen molar-refractivity contribution in [2.24, 2.45) is 5.92 Å². The minimum Gasteiger partial charge on any atom is -0.341 e. The highest BCUT2D eigenvalue weighted by atomic mass is 32.1. The monoisotopic (exact) mass is 354 g/mol. The number of piperidine rings is 1. The summed E-state index contributed by atoms with van der Waals surface area (Å²) in [4.78, 5) is 23.8. The Morgan fingerprint density at radius 3 is 2.96 bits per heavy atom. The molecule has 4 rings (SSSR count). The third kappa shape index (κ3) is 3.93. The zero-order valence-corrected chi connectivity index (χ0v) is 15.2. The topological polar surface area (TPSA) is 70.6 Å². The van der Waals surface area contributed by atoms with Crippen molar-refractivity contribution in [3.05, 3.63) is 46.6 Å². The van der Waals surface area contributed by atoms with E-state index in [1.807, 2.05) is 18.6 Å². The van der Waals surface area contributed by atoms with Crippen LogP contribution in [0.25, 0.3) is 11.5 Å². The molecule has 130 valence electrons. The molecule has 0 saturated carbocycles. The molecule has 25 heavy (non-hydrogen) atoms. The summed E-state index contributed by atoms with van der Waals surface area (Å²) >= 11 is 1.67. The lowest BCUT2D eigenvalue weighted by atomic mass is 9.92. The average molecular weight is 354 g/mol. The van der Waals surface area contributed by atoms with Crippen LogP contribution < -0.4 is 0 Å². The van der Waals surface area contributed by atoms with Crippen molar-refractivity contribution in [2.45, 2.75) is 32.7 Å². The molecule has 0 unspecified atom stereocenters. The van der Waals surface area contributed by atoms with Gasteiger partial charge in [-0.25, -0.2) is 15.0 Å². The molecule has 1 aliphatic rings. The lowest BCUT2D eigenvalue weighted by Crippen LogP contribution is -2.36. The number of nitrogens with one attached hydrogen (secondary N) is 1. The van der Waals surface area contributed by atoms with Gasteiger partial charge < -0.3 is 4.98 Å². The maximum atomic E-state index is 4.61. The first-order valence-corrected chi connectivity index (χ1v) is 9.63. The molecule has 1 aliphatic heterocycles. The Morgan fingerprint density at radius 1 is 1.24 bits per heavy atom. The van der Waals surface area contributed by atoms with E-state index in [2.05, 4.69) is 35.2 Å². The number of hydrogen-bond acceptors (Lipinski definition) is 6. The van der Waals surface area contributed by atoms with Crippen molar-refractivity contribution in [2.75, 3.05) is 13.1 Å². The van der Waals surface area contributed by atoms with Gasteiger partial charge in [-0.1, -0.05) is 0 Å². The van der Waals surface area contributed by atoms with Gasteiger partial charge in [-0.15, -0.1) is 11.3 Å². The molecular formula is C18H22N6S. The number of nitrogens with zero attached hydrogens (tertiary/aromatic N) is 5. The highest BCUT2D eigenvalue weighted by Gasteiger charge is 2.23. The minimum absolute atomic E-state index is 0.596. The molecule has 1 saturated heterocycles. The molecule has 3 aromatic heterocycles. The molecule has 7 heteroatoms. The summed E-state index contributed by atoms with van der Waals surface area (Å²) in [7, 11) is 0. The smallest absolute Gasteiger partial charge is 0.158 e. The molecule has 1 N–H and O–H groups in total. The zero-order valence-electron chi connectivity index (χ0n) is 14.4. The van der Waals surface area contributed by atoms with Crippen molar-refractivity contribution in [1.29, 1.82) is 0 Å². The van der Waals surface area contributed by atoms with Crippen molar-refractivity contribution in [1.82, 2.24) is 29.8 Å². The van der Waals surface area contributed by atoms with Gasteiger partial charge in [0, 0.05) is 42.8 Å². The van der Waals surface area contributed by atoms with Crippen LogP contribution in [-0.2, 0) is 13.0 Å². The van der Waals surface area contributed by atoms with Crippen LogP contribution in [-0.4, -0.2) is 42.9 Å². The fourth-order valence-electron chi connectivity index (χ4n) is 3.53. The summed E-state index contributed by atoms with van der Waals surface area (Å²) in [5.74, 6) is 1.41. The van der Waals surface area contributed by atoms with Crippen LogP contribution in [0.1, 0.15) is 29.9 Å². The van der Waals surface area contributed by atoms with E-state index >= 15 is 0 Å². The van der Waals surface area contributed by atoms with E-state index in [1.165, 1.54) is 18.5 Å². The summed E-state index contributed by atoms with van der Waals surface area (Å²) in [5, 5.41) is 2.14. The fraction of sp³-hybridized carbons (Fsp3) is 0.444. The average Bonchev–Trinajstić information content (AvgIpc) is 3.27. The highest BCUT2D eigenvalue weighted by molar-refractivity contribution is 7.07. The van der Waals surface area contributed by atoms with Crippen LogP contribution in [0.2, 0.25) is 0 Å². The maximum Gasteiger partial charge on any atom is 0.158 e. The molecule has 3 aromatic rings. The minimum atomic E-state index is 0.596. The predicted molar refractivity (Wildman–Crippen MR) is 98.2 cm³/mol. The second kappa shape index (κ2) is 7.41. The largest absolute Gasteiger partial charge is 0.341 e. The molecule has 1 fully saturated rings. The third-order valence-corrected chi connectivity index (χ3v) is 5.29. The molecule has 0 amide bonds. The first-order chi connectivity index (χ1) is 12.3. The third-order valence-electron chi connectivity index (χ3n) is 4.66. The van der Waals surface area contributed by atoms with E-state index in [1.54, 1.807) is 23.7 Å². The molecule has 0 aliphatic carbocycles. The lowest BCUT2D eigenvalue weighted by Gasteiger charge is -2.32. The Morgan fingerprint density at radius 2 is 2.16 bits per heavy atom. The number of likely N-dealkylation sites (tertiary alicyclic amines) is 1. The number of imidazole rings is 1. The van der Waals surface area contributed by atoms with Crippen LogP contribution in [0.5, 0.6) is 0 Å². The van der Waals surface area contributed by atoms with Gasteiger partial charge in [-0.2, -0.15) is 0 Å². The Balaban J connectivity index is 1.47. The summed E-state index contributed by atoms with van der Waals surface area (Å²) in [5.41, 5.74) is 6.05. The number of aromatic nitrogens is 5. The van der Waals surface area contributed by atoms with Gasteiger partial charge in [-0.05, 0) is 38.6 Å². The summed E-state index contributed by atoms with van der Waals surface area (Å²) in [6.07, 6.45) is 8.77. The summed E-state index contributed by atoms with van der Waals surface area (Å²) < 4.78 is 0. The van der Waals surface area contributed by atoms with E-state index < -0.39 is 0 Å².